The van der Waals surface area contributed by atoms with Crippen LogP contribution in [0.25, 0.3) is 0 Å². The summed E-state index contributed by atoms with van der Waals surface area (Å²) in [6, 6.07) is 24.4. The lowest BCUT2D eigenvalue weighted by Gasteiger charge is -2.43. The lowest BCUT2D eigenvalue weighted by Crippen LogP contribution is -2.54. The van der Waals surface area contributed by atoms with Gasteiger partial charge in [0, 0.05) is 5.69 Å². The van der Waals surface area contributed by atoms with Crippen LogP contribution in [0.5, 0.6) is 5.75 Å². The Hall–Kier alpha value is -4.63. The first-order valence-corrected chi connectivity index (χ1v) is 11.9. The van der Waals surface area contributed by atoms with E-state index < -0.39 is 29.6 Å². The second-order valence-corrected chi connectivity index (χ2v) is 8.68. The number of carbonyl (C=O) groups excluding carboxylic acids is 1. The molecule has 2 heterocycles. The van der Waals surface area contributed by atoms with Crippen molar-refractivity contribution in [1.29, 1.82) is 0 Å². The highest BCUT2D eigenvalue weighted by Gasteiger charge is 2.56. The minimum absolute atomic E-state index is 0.0982. The van der Waals surface area contributed by atoms with Gasteiger partial charge in [-0.3, -0.25) is 4.79 Å². The van der Waals surface area contributed by atoms with Crippen molar-refractivity contribution in [2.75, 3.05) is 17.2 Å². The number of aromatic nitrogens is 2. The first-order chi connectivity index (χ1) is 17.9. The van der Waals surface area contributed by atoms with Crippen LogP contribution in [0.3, 0.4) is 0 Å². The fourth-order valence-corrected chi connectivity index (χ4v) is 4.75. The van der Waals surface area contributed by atoms with E-state index in [1.54, 1.807) is 48.5 Å². The number of aliphatic hydroxyl groups is 1. The molecule has 1 aromatic heterocycles. The molecule has 0 aliphatic carbocycles. The molecule has 37 heavy (non-hydrogen) atoms. The molecule has 4 N–H and O–H groups in total. The van der Waals surface area contributed by atoms with Gasteiger partial charge in [-0.2, -0.15) is 5.10 Å². The molecule has 0 saturated heterocycles. The molecule has 9 nitrogen and oxygen atoms in total. The molecule has 9 heteroatoms. The molecule has 0 bridgehead atoms. The Bertz CT molecular complexity index is 1410. The van der Waals surface area contributed by atoms with E-state index in [0.717, 1.165) is 10.2 Å². The highest BCUT2D eigenvalue weighted by Crippen LogP contribution is 2.49. The Balaban J connectivity index is 1.58. The Kier molecular flexibility index (Phi) is 6.37. The molecule has 0 fully saturated rings. The molecule has 3 unspecified atom stereocenters. The van der Waals surface area contributed by atoms with E-state index in [1.807, 2.05) is 43.3 Å². The molecule has 188 valence electrons. The second kappa shape index (κ2) is 9.79. The van der Waals surface area contributed by atoms with Gasteiger partial charge < -0.3 is 25.6 Å². The molecule has 3 atom stereocenters. The van der Waals surface area contributed by atoms with Crippen LogP contribution in [0.4, 0.5) is 11.5 Å². The maximum absolute atomic E-state index is 13.3. The Morgan fingerprint density at radius 3 is 2.22 bits per heavy atom. The Morgan fingerprint density at radius 1 is 1.00 bits per heavy atom. The van der Waals surface area contributed by atoms with E-state index in [9.17, 15) is 19.8 Å². The second-order valence-electron chi connectivity index (χ2n) is 8.68. The molecule has 5 rings (SSSR count). The Morgan fingerprint density at radius 2 is 1.62 bits per heavy atom. The number of hydrogen-bond donors (Lipinski definition) is 4. The van der Waals surface area contributed by atoms with Gasteiger partial charge in [-0.1, -0.05) is 60.7 Å². The zero-order chi connectivity index (χ0) is 26.0. The first kappa shape index (κ1) is 24.1. The van der Waals surface area contributed by atoms with Crippen LogP contribution in [0, 0.1) is 0 Å². The van der Waals surface area contributed by atoms with Crippen molar-refractivity contribution >= 4 is 23.4 Å². The van der Waals surface area contributed by atoms with E-state index in [4.69, 9.17) is 4.74 Å². The summed E-state index contributed by atoms with van der Waals surface area (Å²) < 4.78 is 6.42. The van der Waals surface area contributed by atoms with E-state index in [0.29, 0.717) is 23.6 Å². The maximum atomic E-state index is 13.3. The van der Waals surface area contributed by atoms with Crippen molar-refractivity contribution in [3.8, 4) is 5.75 Å². The number of nitrogens with one attached hydrogen (secondary N) is 2. The highest BCUT2D eigenvalue weighted by molar-refractivity contribution is 6.07. The maximum Gasteiger partial charge on any atom is 0.360 e. The predicted octanol–water partition coefficient (Wildman–Crippen LogP) is 4.21. The summed E-state index contributed by atoms with van der Waals surface area (Å²) in [6.07, 6.45) is 1.26. The van der Waals surface area contributed by atoms with Crippen LogP contribution in [0.2, 0.25) is 0 Å². The predicted molar refractivity (Wildman–Crippen MR) is 138 cm³/mol. The molecule has 3 aromatic carbocycles. The van der Waals surface area contributed by atoms with Gasteiger partial charge >= 0.3 is 5.97 Å². The molecule has 4 aromatic rings. The van der Waals surface area contributed by atoms with Crippen molar-refractivity contribution in [1.82, 2.24) is 9.78 Å². The third-order valence-corrected chi connectivity index (χ3v) is 6.45. The minimum Gasteiger partial charge on any atom is -0.494 e. The average molecular weight is 499 g/mol. The summed E-state index contributed by atoms with van der Waals surface area (Å²) in [5.74, 6) is -2.16. The van der Waals surface area contributed by atoms with Gasteiger partial charge in [0.25, 0.3) is 11.6 Å². The lowest BCUT2D eigenvalue weighted by atomic mass is 9.77. The van der Waals surface area contributed by atoms with Crippen LogP contribution in [-0.2, 0) is 10.5 Å². The van der Waals surface area contributed by atoms with Gasteiger partial charge in [-0.15, -0.1) is 0 Å². The third-order valence-electron chi connectivity index (χ3n) is 6.45. The van der Waals surface area contributed by atoms with Crippen molar-refractivity contribution in [2.24, 2.45) is 0 Å². The molecular formula is C28H26N4O5. The van der Waals surface area contributed by atoms with Crippen LogP contribution < -0.4 is 15.4 Å². The topological polar surface area (TPSA) is 126 Å². The van der Waals surface area contributed by atoms with Crippen LogP contribution in [0.15, 0.2) is 91.1 Å². The monoisotopic (exact) mass is 498 g/mol. The third kappa shape index (κ3) is 4.30. The normalized spacial score (nSPS) is 20.4. The molecule has 1 aliphatic rings. The number of anilines is 2. The summed E-state index contributed by atoms with van der Waals surface area (Å²) in [7, 11) is 0. The van der Waals surface area contributed by atoms with E-state index in [-0.39, 0.29) is 11.4 Å². The molecule has 0 radical (unpaired) electrons. The Labute approximate surface area is 213 Å². The molecule has 0 spiro atoms. The number of hydrogen-bond acceptors (Lipinski definition) is 6. The summed E-state index contributed by atoms with van der Waals surface area (Å²) in [5, 5.41) is 32.5. The zero-order valence-electron chi connectivity index (χ0n) is 20.0. The van der Waals surface area contributed by atoms with Crippen LogP contribution >= 0.6 is 0 Å². The standard InChI is InChI=1S/C28H26N4O5/c1-2-37-21-15-13-20(14-16-21)30-26(33)22-17-29-32-25(22)31-24(19-11-7-4-8-12-19)23(28(32,36)27(34)35)18-9-5-3-6-10-18/h3-17,23-24,31,36H,2H2,1H3,(H,30,33)(H,34,35). The molecule has 0 saturated carbocycles. The number of carboxylic acid groups (broad SMARTS) is 1. The van der Waals surface area contributed by atoms with Gasteiger partial charge in [0.15, 0.2) is 0 Å². The van der Waals surface area contributed by atoms with Crippen molar-refractivity contribution in [3.63, 3.8) is 0 Å². The first-order valence-electron chi connectivity index (χ1n) is 11.9. The quantitative estimate of drug-likeness (QED) is 0.301. The molecular weight excluding hydrogens is 472 g/mol. The van der Waals surface area contributed by atoms with Crippen molar-refractivity contribution in [2.45, 2.75) is 24.6 Å². The van der Waals surface area contributed by atoms with Gasteiger partial charge in [-0.05, 0) is 42.3 Å². The van der Waals surface area contributed by atoms with Gasteiger partial charge in [0.05, 0.1) is 24.8 Å². The average Bonchev–Trinajstić information content (AvgIpc) is 3.36. The van der Waals surface area contributed by atoms with Gasteiger partial charge in [0.2, 0.25) is 0 Å². The number of amides is 1. The number of carboxylic acids is 1. The number of fused-ring (bicyclic) bond motifs is 1. The summed E-state index contributed by atoms with van der Waals surface area (Å²) in [5.41, 5.74) is -0.489. The van der Waals surface area contributed by atoms with E-state index in [2.05, 4.69) is 15.7 Å². The van der Waals surface area contributed by atoms with Crippen LogP contribution in [0.1, 0.15) is 40.4 Å². The number of carbonyl (C=O) groups is 2. The van der Waals surface area contributed by atoms with Crippen LogP contribution in [-0.4, -0.2) is 38.5 Å². The molecule has 1 amide bonds. The fraction of sp³-hybridized carbons (Fsp3) is 0.179. The van der Waals surface area contributed by atoms with E-state index in [1.165, 1.54) is 6.20 Å². The molecule has 1 aliphatic heterocycles. The SMILES string of the molecule is CCOc1ccc(NC(=O)c2cnn3c2NC(c2ccccc2)C(c2ccccc2)C3(O)C(=O)O)cc1. The van der Waals surface area contributed by atoms with Gasteiger partial charge in [0.1, 0.15) is 17.1 Å². The smallest absolute Gasteiger partial charge is 0.360 e. The van der Waals surface area contributed by atoms with Crippen molar-refractivity contribution in [3.05, 3.63) is 108 Å². The van der Waals surface area contributed by atoms with Gasteiger partial charge in [-0.25, -0.2) is 9.48 Å². The van der Waals surface area contributed by atoms with Crippen molar-refractivity contribution < 1.29 is 24.5 Å². The fourth-order valence-electron chi connectivity index (χ4n) is 4.75. The summed E-state index contributed by atoms with van der Waals surface area (Å²) in [6.45, 7) is 2.41. The highest BCUT2D eigenvalue weighted by atomic mass is 16.5. The van der Waals surface area contributed by atoms with E-state index >= 15 is 0 Å². The number of nitrogens with zero attached hydrogens (tertiary/aromatic N) is 2. The zero-order valence-corrected chi connectivity index (χ0v) is 20.0. The number of rotatable bonds is 7. The largest absolute Gasteiger partial charge is 0.494 e. The number of ether oxygens (including phenoxy) is 1. The number of benzene rings is 3. The summed E-state index contributed by atoms with van der Waals surface area (Å²) >= 11 is 0. The minimum atomic E-state index is -2.47. The lowest BCUT2D eigenvalue weighted by molar-refractivity contribution is -0.179. The summed E-state index contributed by atoms with van der Waals surface area (Å²) in [4.78, 5) is 26.0. The number of aliphatic carboxylic acids is 1.